The number of ether oxygens (including phenoxy) is 1. The molecular formula is C11H17O4P. The van der Waals surface area contributed by atoms with E-state index in [0.717, 1.165) is 6.42 Å². The van der Waals surface area contributed by atoms with Gasteiger partial charge in [-0.2, -0.15) is 0 Å². The molecule has 1 rings (SSSR count). The Morgan fingerprint density at radius 1 is 1.38 bits per heavy atom. The van der Waals surface area contributed by atoms with Crippen LogP contribution in [-0.2, 0) is 10.7 Å². The Hall–Kier alpha value is -0.830. The van der Waals surface area contributed by atoms with Gasteiger partial charge in [0.25, 0.3) is 0 Å². The maximum Gasteiger partial charge on any atom is 0.330 e. The first kappa shape index (κ1) is 13.2. The van der Waals surface area contributed by atoms with Gasteiger partial charge in [0, 0.05) is 5.56 Å². The van der Waals surface area contributed by atoms with Crippen LogP contribution in [0.3, 0.4) is 0 Å². The molecule has 0 amide bonds. The lowest BCUT2D eigenvalue weighted by molar-refractivity contribution is 0.215. The van der Waals surface area contributed by atoms with Crippen LogP contribution < -0.4 is 4.74 Å². The molecule has 0 saturated heterocycles. The Morgan fingerprint density at radius 2 is 2.00 bits per heavy atom. The molecule has 0 aliphatic heterocycles. The van der Waals surface area contributed by atoms with Crippen LogP contribution in [-0.4, -0.2) is 15.9 Å². The fourth-order valence-corrected chi connectivity index (χ4v) is 1.98. The van der Waals surface area contributed by atoms with Crippen molar-refractivity contribution in [2.75, 3.05) is 0 Å². The molecule has 1 unspecified atom stereocenters. The molecule has 90 valence electrons. The second-order valence-corrected chi connectivity index (χ2v) is 5.41. The van der Waals surface area contributed by atoms with Crippen molar-refractivity contribution in [2.45, 2.75) is 32.5 Å². The van der Waals surface area contributed by atoms with E-state index in [1.807, 2.05) is 13.8 Å². The van der Waals surface area contributed by atoms with Gasteiger partial charge in [-0.15, -0.1) is 0 Å². The lowest BCUT2D eigenvalue weighted by Gasteiger charge is -2.16. The smallest absolute Gasteiger partial charge is 0.330 e. The average molecular weight is 244 g/mol. The summed E-state index contributed by atoms with van der Waals surface area (Å²) in [5.74, 6) is 0.556. The predicted molar refractivity (Wildman–Crippen MR) is 62.6 cm³/mol. The molecule has 0 spiro atoms. The number of hydrogen-bond donors (Lipinski definition) is 2. The molecule has 0 aliphatic rings. The van der Waals surface area contributed by atoms with Gasteiger partial charge >= 0.3 is 7.60 Å². The summed E-state index contributed by atoms with van der Waals surface area (Å²) in [5, 5.41) is 0. The maximum absolute atomic E-state index is 10.9. The van der Waals surface area contributed by atoms with Crippen LogP contribution in [0.15, 0.2) is 24.3 Å². The molecule has 1 aromatic carbocycles. The van der Waals surface area contributed by atoms with Gasteiger partial charge in [-0.05, 0) is 19.4 Å². The van der Waals surface area contributed by atoms with E-state index in [2.05, 4.69) is 0 Å². The first-order valence-electron chi connectivity index (χ1n) is 5.21. The zero-order valence-corrected chi connectivity index (χ0v) is 10.4. The molecule has 0 bridgehead atoms. The van der Waals surface area contributed by atoms with Crippen molar-refractivity contribution >= 4 is 7.60 Å². The topological polar surface area (TPSA) is 66.8 Å². The largest absolute Gasteiger partial charge is 0.490 e. The van der Waals surface area contributed by atoms with E-state index in [0.29, 0.717) is 11.3 Å². The molecule has 1 atom stereocenters. The number of para-hydroxylation sites is 1. The Balaban J connectivity index is 2.87. The van der Waals surface area contributed by atoms with Crippen molar-refractivity contribution in [2.24, 2.45) is 0 Å². The summed E-state index contributed by atoms with van der Waals surface area (Å²) in [7, 11) is -4.05. The third kappa shape index (κ3) is 4.35. The van der Waals surface area contributed by atoms with Crippen LogP contribution in [0.25, 0.3) is 0 Å². The van der Waals surface area contributed by atoms with Crippen molar-refractivity contribution in [3.8, 4) is 5.75 Å². The molecule has 4 nitrogen and oxygen atoms in total. The summed E-state index contributed by atoms with van der Waals surface area (Å²) in [6, 6.07) is 6.95. The fraction of sp³-hybridized carbons (Fsp3) is 0.455. The van der Waals surface area contributed by atoms with E-state index in [-0.39, 0.29) is 12.3 Å². The Kier molecular flexibility index (Phi) is 4.54. The van der Waals surface area contributed by atoms with Crippen molar-refractivity contribution in [1.82, 2.24) is 0 Å². The Morgan fingerprint density at radius 3 is 2.56 bits per heavy atom. The molecule has 0 radical (unpaired) electrons. The normalized spacial score (nSPS) is 13.5. The van der Waals surface area contributed by atoms with Gasteiger partial charge in [0.2, 0.25) is 0 Å². The minimum absolute atomic E-state index is 0.0397. The van der Waals surface area contributed by atoms with E-state index in [1.165, 1.54) is 0 Å². The second kappa shape index (κ2) is 5.48. The molecule has 1 aromatic rings. The average Bonchev–Trinajstić information content (AvgIpc) is 2.18. The van der Waals surface area contributed by atoms with Crippen LogP contribution in [0, 0.1) is 0 Å². The zero-order valence-electron chi connectivity index (χ0n) is 9.46. The SMILES string of the molecule is CCC(C)Oc1ccccc1CP(=O)(O)O. The van der Waals surface area contributed by atoms with E-state index in [9.17, 15) is 4.57 Å². The zero-order chi connectivity index (χ0) is 12.2. The van der Waals surface area contributed by atoms with Gasteiger partial charge in [0.05, 0.1) is 12.3 Å². The van der Waals surface area contributed by atoms with E-state index in [4.69, 9.17) is 14.5 Å². The Labute approximate surface area is 95.4 Å². The number of hydrogen-bond acceptors (Lipinski definition) is 2. The standard InChI is InChI=1S/C11H17O4P/c1-3-9(2)15-11-7-5-4-6-10(11)8-16(12,13)14/h4-7,9H,3,8H2,1-2H3,(H2,12,13,14). The van der Waals surface area contributed by atoms with Gasteiger partial charge in [-0.1, -0.05) is 25.1 Å². The molecular weight excluding hydrogens is 227 g/mol. The van der Waals surface area contributed by atoms with Crippen LogP contribution in [0.1, 0.15) is 25.8 Å². The summed E-state index contributed by atoms with van der Waals surface area (Å²) < 4.78 is 16.5. The maximum atomic E-state index is 10.9. The third-order valence-electron chi connectivity index (χ3n) is 2.25. The minimum atomic E-state index is -4.05. The first-order valence-corrected chi connectivity index (χ1v) is 7.01. The van der Waals surface area contributed by atoms with Crippen molar-refractivity contribution in [3.63, 3.8) is 0 Å². The highest BCUT2D eigenvalue weighted by Crippen LogP contribution is 2.41. The molecule has 0 heterocycles. The van der Waals surface area contributed by atoms with Crippen molar-refractivity contribution in [1.29, 1.82) is 0 Å². The molecule has 0 saturated carbocycles. The van der Waals surface area contributed by atoms with Crippen LogP contribution in [0.2, 0.25) is 0 Å². The van der Waals surface area contributed by atoms with Gasteiger partial charge in [0.15, 0.2) is 0 Å². The van der Waals surface area contributed by atoms with Crippen molar-refractivity contribution < 1.29 is 19.1 Å². The van der Waals surface area contributed by atoms with Gasteiger partial charge in [-0.3, -0.25) is 4.57 Å². The van der Waals surface area contributed by atoms with Crippen LogP contribution in [0.4, 0.5) is 0 Å². The third-order valence-corrected chi connectivity index (χ3v) is 3.00. The highest BCUT2D eigenvalue weighted by Gasteiger charge is 2.17. The highest BCUT2D eigenvalue weighted by molar-refractivity contribution is 7.50. The van der Waals surface area contributed by atoms with Crippen molar-refractivity contribution in [3.05, 3.63) is 29.8 Å². The van der Waals surface area contributed by atoms with E-state index < -0.39 is 7.60 Å². The molecule has 16 heavy (non-hydrogen) atoms. The van der Waals surface area contributed by atoms with Gasteiger partial charge in [0.1, 0.15) is 5.75 Å². The highest BCUT2D eigenvalue weighted by atomic mass is 31.2. The minimum Gasteiger partial charge on any atom is -0.490 e. The quantitative estimate of drug-likeness (QED) is 0.781. The monoisotopic (exact) mass is 244 g/mol. The summed E-state index contributed by atoms with van der Waals surface area (Å²) >= 11 is 0. The summed E-state index contributed by atoms with van der Waals surface area (Å²) in [4.78, 5) is 17.9. The van der Waals surface area contributed by atoms with Gasteiger partial charge < -0.3 is 14.5 Å². The van der Waals surface area contributed by atoms with Crippen LogP contribution >= 0.6 is 7.60 Å². The molecule has 0 aromatic heterocycles. The summed E-state index contributed by atoms with van der Waals surface area (Å²) in [6.45, 7) is 3.92. The fourth-order valence-electron chi connectivity index (χ4n) is 1.27. The summed E-state index contributed by atoms with van der Waals surface area (Å²) in [6.07, 6.45) is 0.613. The lowest BCUT2D eigenvalue weighted by Crippen LogP contribution is -2.11. The molecule has 0 fully saturated rings. The molecule has 5 heteroatoms. The number of benzene rings is 1. The first-order chi connectivity index (χ1) is 7.42. The lowest BCUT2D eigenvalue weighted by atomic mass is 10.2. The van der Waals surface area contributed by atoms with Crippen LogP contribution in [0.5, 0.6) is 5.75 Å². The molecule has 2 N–H and O–H groups in total. The van der Waals surface area contributed by atoms with Gasteiger partial charge in [-0.25, -0.2) is 0 Å². The molecule has 0 aliphatic carbocycles. The second-order valence-electron chi connectivity index (χ2n) is 3.77. The number of rotatable bonds is 5. The summed E-state index contributed by atoms with van der Waals surface area (Å²) in [5.41, 5.74) is 0.552. The van der Waals surface area contributed by atoms with E-state index in [1.54, 1.807) is 24.3 Å². The Bertz CT molecular complexity index is 385. The predicted octanol–water partition coefficient (Wildman–Crippen LogP) is 2.54. The van der Waals surface area contributed by atoms with E-state index >= 15 is 0 Å².